The van der Waals surface area contributed by atoms with Crippen LogP contribution in [-0.4, -0.2) is 49.1 Å². The van der Waals surface area contributed by atoms with Gasteiger partial charge >= 0.3 is 0 Å². The predicted octanol–water partition coefficient (Wildman–Crippen LogP) is 2.21. The van der Waals surface area contributed by atoms with Crippen LogP contribution in [0, 0.1) is 0 Å². The Labute approximate surface area is 137 Å². The average Bonchev–Trinajstić information content (AvgIpc) is 3.24. The smallest absolute Gasteiger partial charge is 0.257 e. The number of nitrogens with one attached hydrogen (secondary N) is 1. The van der Waals surface area contributed by atoms with Crippen molar-refractivity contribution in [2.24, 2.45) is 0 Å². The number of carbonyl (C=O) groups excluding carboxylic acids is 2. The Morgan fingerprint density at radius 2 is 2.30 bits per heavy atom. The number of amides is 2. The Kier molecular flexibility index (Phi) is 7.13. The molecule has 0 aliphatic carbocycles. The minimum Gasteiger partial charge on any atom is -0.472 e. The van der Waals surface area contributed by atoms with Gasteiger partial charge in [0.1, 0.15) is 6.26 Å². The van der Waals surface area contributed by atoms with Crippen molar-refractivity contribution in [3.63, 3.8) is 0 Å². The van der Waals surface area contributed by atoms with Gasteiger partial charge in [-0.25, -0.2) is 0 Å². The Balaban J connectivity index is 1.87. The van der Waals surface area contributed by atoms with Gasteiger partial charge in [0.25, 0.3) is 5.91 Å². The minimum atomic E-state index is -0.115. The van der Waals surface area contributed by atoms with Gasteiger partial charge in [-0.2, -0.15) is 0 Å². The van der Waals surface area contributed by atoms with Crippen molar-refractivity contribution in [1.82, 2.24) is 10.2 Å². The molecule has 1 atom stereocenters. The summed E-state index contributed by atoms with van der Waals surface area (Å²) in [6.07, 6.45) is 7.28. The molecule has 2 amide bonds. The zero-order chi connectivity index (χ0) is 16.5. The van der Waals surface area contributed by atoms with Crippen LogP contribution in [-0.2, 0) is 9.53 Å². The summed E-state index contributed by atoms with van der Waals surface area (Å²) in [5.41, 5.74) is 0.509. The number of unbranched alkanes of at least 4 members (excludes halogenated alkanes) is 1. The lowest BCUT2D eigenvalue weighted by molar-refractivity contribution is -0.121. The lowest BCUT2D eigenvalue weighted by atomic mass is 10.2. The van der Waals surface area contributed by atoms with Crippen LogP contribution in [0.3, 0.4) is 0 Å². The largest absolute Gasteiger partial charge is 0.472 e. The summed E-state index contributed by atoms with van der Waals surface area (Å²) in [6, 6.07) is 1.64. The average molecular weight is 322 g/mol. The summed E-state index contributed by atoms with van der Waals surface area (Å²) < 4.78 is 10.6. The van der Waals surface area contributed by atoms with E-state index in [1.807, 2.05) is 0 Å². The first-order chi connectivity index (χ1) is 11.2. The summed E-state index contributed by atoms with van der Waals surface area (Å²) >= 11 is 0. The molecule has 6 heteroatoms. The molecule has 2 heterocycles. The van der Waals surface area contributed by atoms with E-state index in [1.54, 1.807) is 11.0 Å². The fraction of sp³-hybridized carbons (Fsp3) is 0.647. The number of carbonyl (C=O) groups is 2. The topological polar surface area (TPSA) is 71.8 Å². The van der Waals surface area contributed by atoms with E-state index in [-0.39, 0.29) is 17.9 Å². The molecule has 1 N–H and O–H groups in total. The molecule has 0 saturated carbocycles. The highest BCUT2D eigenvalue weighted by Gasteiger charge is 2.24. The molecule has 128 valence electrons. The number of nitrogens with zero attached hydrogens (tertiary/aromatic N) is 1. The van der Waals surface area contributed by atoms with E-state index < -0.39 is 0 Å². The molecule has 1 aliphatic rings. The highest BCUT2D eigenvalue weighted by Crippen LogP contribution is 2.15. The molecule has 0 unspecified atom stereocenters. The molecule has 23 heavy (non-hydrogen) atoms. The second kappa shape index (κ2) is 9.35. The predicted molar refractivity (Wildman–Crippen MR) is 86.1 cm³/mol. The van der Waals surface area contributed by atoms with Crippen molar-refractivity contribution in [2.75, 3.05) is 26.2 Å². The first-order valence-electron chi connectivity index (χ1n) is 8.40. The molecule has 2 rings (SSSR count). The molecule has 1 aromatic heterocycles. The lowest BCUT2D eigenvalue weighted by Crippen LogP contribution is -2.40. The van der Waals surface area contributed by atoms with E-state index in [4.69, 9.17) is 9.15 Å². The Morgan fingerprint density at radius 1 is 1.43 bits per heavy atom. The molecule has 1 aromatic rings. The van der Waals surface area contributed by atoms with E-state index in [9.17, 15) is 9.59 Å². The highest BCUT2D eigenvalue weighted by atomic mass is 16.5. The molecule has 0 aromatic carbocycles. The van der Waals surface area contributed by atoms with E-state index in [0.717, 1.165) is 32.3 Å². The maximum atomic E-state index is 12.5. The number of hydrogen-bond donors (Lipinski definition) is 1. The molecule has 6 nitrogen and oxygen atoms in total. The summed E-state index contributed by atoms with van der Waals surface area (Å²) in [6.45, 7) is 4.43. The molecule has 1 fully saturated rings. The molecule has 0 bridgehead atoms. The summed E-state index contributed by atoms with van der Waals surface area (Å²) in [5, 5.41) is 2.88. The third-order valence-electron chi connectivity index (χ3n) is 3.96. The summed E-state index contributed by atoms with van der Waals surface area (Å²) in [4.78, 5) is 26.1. The monoisotopic (exact) mass is 322 g/mol. The van der Waals surface area contributed by atoms with Crippen molar-refractivity contribution in [3.05, 3.63) is 24.2 Å². The van der Waals surface area contributed by atoms with Gasteiger partial charge in [0.2, 0.25) is 5.91 Å². The van der Waals surface area contributed by atoms with Crippen LogP contribution in [0.4, 0.5) is 0 Å². The number of ether oxygens (including phenoxy) is 1. The molecule has 1 saturated heterocycles. The molecule has 0 spiro atoms. The fourth-order valence-electron chi connectivity index (χ4n) is 2.61. The first-order valence-corrected chi connectivity index (χ1v) is 8.40. The summed E-state index contributed by atoms with van der Waals surface area (Å²) in [5.74, 6) is -0.133. The minimum absolute atomic E-state index is 0.0178. The van der Waals surface area contributed by atoms with Gasteiger partial charge in [-0.15, -0.1) is 0 Å². The standard InChI is InChI=1S/C17H26N2O4/c1-2-3-8-18-16(20)6-9-19(12-15-5-4-10-23-15)17(21)14-7-11-22-13-14/h7,11,13,15H,2-6,8-10,12H2,1H3,(H,18,20)/t15-/m0/s1. The summed E-state index contributed by atoms with van der Waals surface area (Å²) in [7, 11) is 0. The van der Waals surface area contributed by atoms with Crippen LogP contribution in [0.2, 0.25) is 0 Å². The third-order valence-corrected chi connectivity index (χ3v) is 3.96. The maximum Gasteiger partial charge on any atom is 0.257 e. The van der Waals surface area contributed by atoms with Gasteiger partial charge in [0, 0.05) is 32.7 Å². The van der Waals surface area contributed by atoms with Crippen LogP contribution in [0.15, 0.2) is 23.0 Å². The second-order valence-electron chi connectivity index (χ2n) is 5.85. The zero-order valence-electron chi connectivity index (χ0n) is 13.8. The van der Waals surface area contributed by atoms with Gasteiger partial charge in [0.05, 0.1) is 17.9 Å². The van der Waals surface area contributed by atoms with E-state index in [1.165, 1.54) is 12.5 Å². The van der Waals surface area contributed by atoms with Crippen LogP contribution < -0.4 is 5.32 Å². The zero-order valence-corrected chi connectivity index (χ0v) is 13.8. The van der Waals surface area contributed by atoms with Crippen molar-refractivity contribution < 1.29 is 18.7 Å². The highest BCUT2D eigenvalue weighted by molar-refractivity contribution is 5.94. The van der Waals surface area contributed by atoms with Crippen LogP contribution >= 0.6 is 0 Å². The Hall–Kier alpha value is -1.82. The van der Waals surface area contributed by atoms with Crippen LogP contribution in [0.1, 0.15) is 49.4 Å². The van der Waals surface area contributed by atoms with E-state index in [2.05, 4.69) is 12.2 Å². The Bertz CT molecular complexity index is 481. The second-order valence-corrected chi connectivity index (χ2v) is 5.85. The molecular weight excluding hydrogens is 296 g/mol. The van der Waals surface area contributed by atoms with E-state index in [0.29, 0.717) is 31.6 Å². The van der Waals surface area contributed by atoms with Crippen LogP contribution in [0.5, 0.6) is 0 Å². The molecule has 0 radical (unpaired) electrons. The van der Waals surface area contributed by atoms with E-state index >= 15 is 0 Å². The molecule has 1 aliphatic heterocycles. The van der Waals surface area contributed by atoms with Gasteiger partial charge in [-0.3, -0.25) is 9.59 Å². The number of furan rings is 1. The van der Waals surface area contributed by atoms with Gasteiger partial charge in [-0.05, 0) is 25.3 Å². The lowest BCUT2D eigenvalue weighted by Gasteiger charge is -2.25. The number of rotatable bonds is 9. The van der Waals surface area contributed by atoms with Crippen LogP contribution in [0.25, 0.3) is 0 Å². The molecular formula is C17H26N2O4. The number of hydrogen-bond acceptors (Lipinski definition) is 4. The first kappa shape index (κ1) is 17.5. The maximum absolute atomic E-state index is 12.5. The fourth-order valence-corrected chi connectivity index (χ4v) is 2.61. The van der Waals surface area contributed by atoms with Crippen molar-refractivity contribution >= 4 is 11.8 Å². The van der Waals surface area contributed by atoms with Crippen molar-refractivity contribution in [3.8, 4) is 0 Å². The van der Waals surface area contributed by atoms with Gasteiger partial charge in [0.15, 0.2) is 0 Å². The third kappa shape index (κ3) is 5.71. The quantitative estimate of drug-likeness (QED) is 0.708. The van der Waals surface area contributed by atoms with Gasteiger partial charge < -0.3 is 19.4 Å². The normalized spacial score (nSPS) is 17.2. The Morgan fingerprint density at radius 3 is 2.96 bits per heavy atom. The van der Waals surface area contributed by atoms with Crippen molar-refractivity contribution in [1.29, 1.82) is 0 Å². The van der Waals surface area contributed by atoms with Crippen molar-refractivity contribution in [2.45, 2.75) is 45.1 Å². The SMILES string of the molecule is CCCCNC(=O)CCN(C[C@@H]1CCCO1)C(=O)c1ccoc1. The van der Waals surface area contributed by atoms with Gasteiger partial charge in [-0.1, -0.05) is 13.3 Å².